The fourth-order valence-electron chi connectivity index (χ4n) is 2.00. The Bertz CT molecular complexity index is 475. The number of hydrogen-bond donors (Lipinski definition) is 1. The van der Waals surface area contributed by atoms with Crippen LogP contribution in [0.1, 0.15) is 16.1 Å². The van der Waals surface area contributed by atoms with Gasteiger partial charge in [-0.15, -0.1) is 11.3 Å². The van der Waals surface area contributed by atoms with Crippen LogP contribution in [0.25, 0.3) is 0 Å². The maximum Gasteiger partial charge on any atom is 0.326 e. The van der Waals surface area contributed by atoms with E-state index in [0.29, 0.717) is 16.3 Å². The van der Waals surface area contributed by atoms with Crippen molar-refractivity contribution in [2.24, 2.45) is 0 Å². The Labute approximate surface area is 113 Å². The smallest absolute Gasteiger partial charge is 0.326 e. The van der Waals surface area contributed by atoms with Crippen LogP contribution in [0.4, 0.5) is 0 Å². The summed E-state index contributed by atoms with van der Waals surface area (Å²) in [7, 11) is 1.51. The summed E-state index contributed by atoms with van der Waals surface area (Å²) in [5.41, 5.74) is 0. The van der Waals surface area contributed by atoms with Gasteiger partial charge in [-0.2, -0.15) is 0 Å². The van der Waals surface area contributed by atoms with Gasteiger partial charge in [-0.3, -0.25) is 4.79 Å². The highest BCUT2D eigenvalue weighted by molar-refractivity contribution is 7.12. The molecule has 98 valence electrons. The Kier molecular flexibility index (Phi) is 3.89. The number of ether oxygens (including phenoxy) is 1. The van der Waals surface area contributed by atoms with Crippen LogP contribution in [0.15, 0.2) is 11.4 Å². The molecule has 1 aliphatic heterocycles. The Balaban J connectivity index is 2.23. The Morgan fingerprint density at radius 2 is 2.33 bits per heavy atom. The predicted molar refractivity (Wildman–Crippen MR) is 67.2 cm³/mol. The summed E-state index contributed by atoms with van der Waals surface area (Å²) in [6.07, 6.45) is 0.0643. The molecule has 1 saturated heterocycles. The zero-order valence-electron chi connectivity index (χ0n) is 9.63. The molecule has 1 N–H and O–H groups in total. The third kappa shape index (κ3) is 2.36. The van der Waals surface area contributed by atoms with E-state index in [4.69, 9.17) is 21.4 Å². The second-order valence-electron chi connectivity index (χ2n) is 4.00. The highest BCUT2D eigenvalue weighted by Crippen LogP contribution is 2.28. The van der Waals surface area contributed by atoms with Crippen LogP contribution in [-0.4, -0.2) is 47.7 Å². The average Bonchev–Trinajstić information content (AvgIpc) is 2.93. The molecule has 2 rings (SSSR count). The second-order valence-corrected chi connectivity index (χ2v) is 5.33. The third-order valence-electron chi connectivity index (χ3n) is 2.95. The summed E-state index contributed by atoms with van der Waals surface area (Å²) in [4.78, 5) is 25.1. The molecule has 2 heterocycles. The van der Waals surface area contributed by atoms with Crippen molar-refractivity contribution < 1.29 is 19.4 Å². The molecule has 1 aromatic rings. The van der Waals surface area contributed by atoms with Crippen molar-refractivity contribution >= 4 is 34.8 Å². The van der Waals surface area contributed by atoms with E-state index in [1.54, 1.807) is 11.4 Å². The quantitative estimate of drug-likeness (QED) is 0.920. The SMILES string of the molecule is COC1CC(C(=O)O)N(C(=O)c2sccc2Cl)C1. The summed E-state index contributed by atoms with van der Waals surface area (Å²) in [6, 6.07) is 0.777. The topological polar surface area (TPSA) is 66.8 Å². The molecule has 2 unspecified atom stereocenters. The molecule has 2 atom stereocenters. The number of rotatable bonds is 3. The van der Waals surface area contributed by atoms with Crippen molar-refractivity contribution in [2.75, 3.05) is 13.7 Å². The van der Waals surface area contributed by atoms with Gasteiger partial charge in [0.05, 0.1) is 11.1 Å². The Morgan fingerprint density at radius 3 is 2.83 bits per heavy atom. The molecule has 1 aromatic heterocycles. The van der Waals surface area contributed by atoms with E-state index in [1.165, 1.54) is 23.3 Å². The lowest BCUT2D eigenvalue weighted by Gasteiger charge is -2.20. The maximum atomic E-state index is 12.2. The number of amides is 1. The lowest BCUT2D eigenvalue weighted by molar-refractivity contribution is -0.141. The van der Waals surface area contributed by atoms with Gasteiger partial charge in [0.2, 0.25) is 0 Å². The Hall–Kier alpha value is -1.11. The van der Waals surface area contributed by atoms with Crippen molar-refractivity contribution in [3.63, 3.8) is 0 Å². The molecule has 0 radical (unpaired) electrons. The van der Waals surface area contributed by atoms with Crippen LogP contribution in [0, 0.1) is 0 Å². The lowest BCUT2D eigenvalue weighted by atomic mass is 10.2. The predicted octanol–water partition coefficient (Wildman–Crippen LogP) is 1.72. The summed E-state index contributed by atoms with van der Waals surface area (Å²) in [6.45, 7) is 0.278. The fourth-order valence-corrected chi connectivity index (χ4v) is 3.09. The third-order valence-corrected chi connectivity index (χ3v) is 4.28. The number of carbonyl (C=O) groups is 2. The van der Waals surface area contributed by atoms with E-state index in [2.05, 4.69) is 0 Å². The van der Waals surface area contributed by atoms with E-state index >= 15 is 0 Å². The molecule has 7 heteroatoms. The van der Waals surface area contributed by atoms with Crippen LogP contribution >= 0.6 is 22.9 Å². The van der Waals surface area contributed by atoms with Gasteiger partial charge in [0.1, 0.15) is 10.9 Å². The number of carboxylic acid groups (broad SMARTS) is 1. The van der Waals surface area contributed by atoms with E-state index in [-0.39, 0.29) is 18.6 Å². The molecule has 1 fully saturated rings. The monoisotopic (exact) mass is 289 g/mol. The minimum atomic E-state index is -1.02. The first-order valence-electron chi connectivity index (χ1n) is 5.34. The van der Waals surface area contributed by atoms with Gasteiger partial charge in [-0.1, -0.05) is 11.6 Å². The fraction of sp³-hybridized carbons (Fsp3) is 0.455. The molecule has 0 saturated carbocycles. The van der Waals surface area contributed by atoms with Gasteiger partial charge < -0.3 is 14.7 Å². The molecule has 1 amide bonds. The summed E-state index contributed by atoms with van der Waals surface area (Å²) in [5.74, 6) is -1.36. The first-order valence-corrected chi connectivity index (χ1v) is 6.60. The molecule has 0 aromatic carbocycles. The average molecular weight is 290 g/mol. The highest BCUT2D eigenvalue weighted by atomic mass is 35.5. The van der Waals surface area contributed by atoms with Gasteiger partial charge in [-0.05, 0) is 11.4 Å². The largest absolute Gasteiger partial charge is 0.480 e. The van der Waals surface area contributed by atoms with Crippen LogP contribution in [0.2, 0.25) is 5.02 Å². The molecular weight excluding hydrogens is 278 g/mol. The number of halogens is 1. The number of carboxylic acids is 1. The molecule has 0 spiro atoms. The maximum absolute atomic E-state index is 12.2. The number of carbonyl (C=O) groups excluding carboxylic acids is 1. The number of thiophene rings is 1. The van der Waals surface area contributed by atoms with Crippen molar-refractivity contribution in [1.29, 1.82) is 0 Å². The van der Waals surface area contributed by atoms with Crippen molar-refractivity contribution in [2.45, 2.75) is 18.6 Å². The molecular formula is C11H12ClNO4S. The second kappa shape index (κ2) is 5.26. The lowest BCUT2D eigenvalue weighted by Crippen LogP contribution is -2.40. The normalized spacial score (nSPS) is 23.3. The number of likely N-dealkylation sites (tertiary alicyclic amines) is 1. The molecule has 18 heavy (non-hydrogen) atoms. The van der Waals surface area contributed by atoms with Crippen molar-refractivity contribution in [3.8, 4) is 0 Å². The van der Waals surface area contributed by atoms with Crippen LogP contribution < -0.4 is 0 Å². The van der Waals surface area contributed by atoms with E-state index in [0.717, 1.165) is 0 Å². The van der Waals surface area contributed by atoms with Gasteiger partial charge >= 0.3 is 5.97 Å². The van der Waals surface area contributed by atoms with Crippen LogP contribution in [-0.2, 0) is 9.53 Å². The molecule has 5 nitrogen and oxygen atoms in total. The zero-order chi connectivity index (χ0) is 13.3. The van der Waals surface area contributed by atoms with Crippen molar-refractivity contribution in [3.05, 3.63) is 21.3 Å². The van der Waals surface area contributed by atoms with Crippen molar-refractivity contribution in [1.82, 2.24) is 4.90 Å². The highest BCUT2D eigenvalue weighted by Gasteiger charge is 2.40. The molecule has 1 aliphatic rings. The number of methoxy groups -OCH3 is 1. The van der Waals surface area contributed by atoms with Crippen LogP contribution in [0.3, 0.4) is 0 Å². The minimum absolute atomic E-state index is 0.242. The van der Waals surface area contributed by atoms with E-state index in [1.807, 2.05) is 0 Å². The van der Waals surface area contributed by atoms with Crippen LogP contribution in [0.5, 0.6) is 0 Å². The molecule has 0 aliphatic carbocycles. The first-order chi connectivity index (χ1) is 8.54. The number of nitrogens with zero attached hydrogens (tertiary/aromatic N) is 1. The van der Waals surface area contributed by atoms with Gasteiger partial charge in [0.25, 0.3) is 5.91 Å². The summed E-state index contributed by atoms with van der Waals surface area (Å²) in [5, 5.41) is 11.2. The standard InChI is InChI=1S/C11H12ClNO4S/c1-17-6-4-8(11(15)16)13(5-6)10(14)9-7(12)2-3-18-9/h2-3,6,8H,4-5H2,1H3,(H,15,16). The first kappa shape index (κ1) is 13.3. The minimum Gasteiger partial charge on any atom is -0.480 e. The van der Waals surface area contributed by atoms with Gasteiger partial charge in [-0.25, -0.2) is 4.79 Å². The number of aliphatic carboxylic acids is 1. The number of hydrogen-bond acceptors (Lipinski definition) is 4. The molecule has 0 bridgehead atoms. The zero-order valence-corrected chi connectivity index (χ0v) is 11.2. The summed E-state index contributed by atoms with van der Waals surface area (Å²) < 4.78 is 5.13. The van der Waals surface area contributed by atoms with E-state index in [9.17, 15) is 9.59 Å². The Morgan fingerprint density at radius 1 is 1.61 bits per heavy atom. The van der Waals surface area contributed by atoms with Gasteiger partial charge in [0.15, 0.2) is 0 Å². The summed E-state index contributed by atoms with van der Waals surface area (Å²) >= 11 is 7.11. The van der Waals surface area contributed by atoms with E-state index < -0.39 is 12.0 Å². The van der Waals surface area contributed by atoms with Gasteiger partial charge in [0, 0.05) is 20.1 Å².